The lowest BCUT2D eigenvalue weighted by Crippen LogP contribution is -2.25. The van der Waals surface area contributed by atoms with Crippen molar-refractivity contribution in [3.8, 4) is 0 Å². The van der Waals surface area contributed by atoms with Gasteiger partial charge in [-0.15, -0.1) is 0 Å². The van der Waals surface area contributed by atoms with Crippen LogP contribution in [0.3, 0.4) is 0 Å². The number of carbonyl (C=O) groups excluding carboxylic acids is 1. The molecule has 0 unspecified atom stereocenters. The van der Waals surface area contributed by atoms with Gasteiger partial charge in [-0.1, -0.05) is 63.4 Å². The lowest BCUT2D eigenvalue weighted by atomic mass is 9.91. The van der Waals surface area contributed by atoms with Crippen molar-refractivity contribution < 1.29 is 9.90 Å². The van der Waals surface area contributed by atoms with E-state index in [9.17, 15) is 9.90 Å². The van der Waals surface area contributed by atoms with E-state index in [0.717, 1.165) is 19.3 Å². The van der Waals surface area contributed by atoms with Gasteiger partial charge in [-0.05, 0) is 6.42 Å². The van der Waals surface area contributed by atoms with Crippen LogP contribution in [0.15, 0.2) is 30.3 Å². The third-order valence-electron chi connectivity index (χ3n) is 3.15. The molecule has 0 heterocycles. The van der Waals surface area contributed by atoms with Gasteiger partial charge in [-0.3, -0.25) is 4.79 Å². The molecule has 0 saturated heterocycles. The second kappa shape index (κ2) is 7.23. The van der Waals surface area contributed by atoms with Gasteiger partial charge in [0.15, 0.2) is 5.78 Å². The third kappa shape index (κ3) is 4.31. The van der Waals surface area contributed by atoms with Crippen molar-refractivity contribution in [2.45, 2.75) is 45.6 Å². The molecule has 1 rings (SSSR count). The van der Waals surface area contributed by atoms with Gasteiger partial charge in [0.1, 0.15) is 0 Å². The maximum atomic E-state index is 12.1. The highest BCUT2D eigenvalue weighted by Crippen LogP contribution is 2.16. The van der Waals surface area contributed by atoms with Crippen LogP contribution in [0.25, 0.3) is 0 Å². The molecule has 0 aliphatic rings. The summed E-state index contributed by atoms with van der Waals surface area (Å²) in [5, 5.41) is 9.96. The van der Waals surface area contributed by atoms with E-state index in [-0.39, 0.29) is 11.7 Å². The number of aliphatic hydroxyl groups excluding tert-OH is 1. The number of Topliss-reactive ketones (excluding diaryl/α,β-unsaturated/α-hetero) is 1. The lowest BCUT2D eigenvalue weighted by Gasteiger charge is -2.17. The smallest absolute Gasteiger partial charge is 0.168 e. The van der Waals surface area contributed by atoms with Gasteiger partial charge in [0, 0.05) is 11.5 Å². The van der Waals surface area contributed by atoms with Gasteiger partial charge >= 0.3 is 0 Å². The van der Waals surface area contributed by atoms with Crippen LogP contribution in [0.2, 0.25) is 0 Å². The average Bonchev–Trinajstić information content (AvgIpc) is 2.38. The fraction of sp³-hybridized carbons (Fsp3) is 0.533. The predicted molar refractivity (Wildman–Crippen MR) is 70.1 cm³/mol. The molecule has 1 aromatic carbocycles. The van der Waals surface area contributed by atoms with Crippen molar-refractivity contribution in [3.05, 3.63) is 35.9 Å². The fourth-order valence-electron chi connectivity index (χ4n) is 1.89. The molecule has 2 atom stereocenters. The standard InChI is InChI=1S/C15H22O2/c1-3-4-6-11-14(16)12(2)15(17)13-9-7-5-8-10-13/h5,7-10,12,14,16H,3-4,6,11H2,1-2H3/t12-,14-/m0/s1. The Balaban J connectivity index is 2.51. The molecule has 1 N–H and O–H groups in total. The highest BCUT2D eigenvalue weighted by molar-refractivity contribution is 5.97. The summed E-state index contributed by atoms with van der Waals surface area (Å²) < 4.78 is 0. The van der Waals surface area contributed by atoms with Crippen molar-refractivity contribution in [2.75, 3.05) is 0 Å². The van der Waals surface area contributed by atoms with Crippen LogP contribution in [0.5, 0.6) is 0 Å². The highest BCUT2D eigenvalue weighted by atomic mass is 16.3. The van der Waals surface area contributed by atoms with E-state index >= 15 is 0 Å². The first kappa shape index (κ1) is 13.9. The molecule has 1 aromatic rings. The van der Waals surface area contributed by atoms with Crippen LogP contribution < -0.4 is 0 Å². The van der Waals surface area contributed by atoms with Gasteiger partial charge in [0.05, 0.1) is 6.10 Å². The maximum Gasteiger partial charge on any atom is 0.168 e. The van der Waals surface area contributed by atoms with E-state index in [0.29, 0.717) is 12.0 Å². The summed E-state index contributed by atoms with van der Waals surface area (Å²) in [5.41, 5.74) is 0.689. The molecule has 0 aliphatic carbocycles. The Hall–Kier alpha value is -1.15. The van der Waals surface area contributed by atoms with Gasteiger partial charge in [0.25, 0.3) is 0 Å². The minimum Gasteiger partial charge on any atom is -0.392 e. The number of hydrogen-bond donors (Lipinski definition) is 1. The Kier molecular flexibility index (Phi) is 5.92. The number of aliphatic hydroxyl groups is 1. The summed E-state index contributed by atoms with van der Waals surface area (Å²) in [4.78, 5) is 12.1. The SMILES string of the molecule is CCCCC[C@H](O)[C@H](C)C(=O)c1ccccc1. The number of ketones is 1. The van der Waals surface area contributed by atoms with Gasteiger partial charge in [-0.2, -0.15) is 0 Å². The monoisotopic (exact) mass is 234 g/mol. The molecule has 0 radical (unpaired) electrons. The second-order valence-corrected chi connectivity index (χ2v) is 4.58. The zero-order valence-electron chi connectivity index (χ0n) is 10.7. The Morgan fingerprint density at radius 2 is 1.88 bits per heavy atom. The van der Waals surface area contributed by atoms with E-state index in [1.165, 1.54) is 0 Å². The Bertz CT molecular complexity index is 332. The minimum atomic E-state index is -0.519. The molecular formula is C15H22O2. The summed E-state index contributed by atoms with van der Waals surface area (Å²) in [6.45, 7) is 3.94. The van der Waals surface area contributed by atoms with Crippen LogP contribution in [0.4, 0.5) is 0 Å². The molecular weight excluding hydrogens is 212 g/mol. The molecule has 0 bridgehead atoms. The van der Waals surface area contributed by atoms with Crippen LogP contribution in [0.1, 0.15) is 49.9 Å². The number of benzene rings is 1. The maximum absolute atomic E-state index is 12.1. The number of hydrogen-bond acceptors (Lipinski definition) is 2. The van der Waals surface area contributed by atoms with Gasteiger partial charge in [0.2, 0.25) is 0 Å². The predicted octanol–water partition coefficient (Wildman–Crippen LogP) is 3.45. The zero-order valence-corrected chi connectivity index (χ0v) is 10.7. The molecule has 0 aromatic heterocycles. The Morgan fingerprint density at radius 3 is 2.47 bits per heavy atom. The lowest BCUT2D eigenvalue weighted by molar-refractivity contribution is 0.0683. The van der Waals surface area contributed by atoms with E-state index in [1.807, 2.05) is 25.1 Å². The van der Waals surface area contributed by atoms with E-state index < -0.39 is 6.10 Å². The van der Waals surface area contributed by atoms with Crippen LogP contribution in [-0.2, 0) is 0 Å². The van der Waals surface area contributed by atoms with Gasteiger partial charge in [-0.25, -0.2) is 0 Å². The second-order valence-electron chi connectivity index (χ2n) is 4.58. The molecule has 0 aliphatic heterocycles. The fourth-order valence-corrected chi connectivity index (χ4v) is 1.89. The topological polar surface area (TPSA) is 37.3 Å². The van der Waals surface area contributed by atoms with Crippen molar-refractivity contribution in [2.24, 2.45) is 5.92 Å². The number of carbonyl (C=O) groups is 1. The third-order valence-corrected chi connectivity index (χ3v) is 3.15. The first-order valence-corrected chi connectivity index (χ1v) is 6.44. The highest BCUT2D eigenvalue weighted by Gasteiger charge is 2.22. The summed E-state index contributed by atoms with van der Waals surface area (Å²) >= 11 is 0. The molecule has 2 heteroatoms. The summed E-state index contributed by atoms with van der Waals surface area (Å²) in [6, 6.07) is 9.20. The molecule has 0 amide bonds. The van der Waals surface area contributed by atoms with Crippen LogP contribution in [-0.4, -0.2) is 17.0 Å². The Morgan fingerprint density at radius 1 is 1.24 bits per heavy atom. The van der Waals surface area contributed by atoms with Crippen molar-refractivity contribution in [3.63, 3.8) is 0 Å². The molecule has 0 spiro atoms. The average molecular weight is 234 g/mol. The normalized spacial score (nSPS) is 14.3. The number of rotatable bonds is 7. The first-order valence-electron chi connectivity index (χ1n) is 6.44. The zero-order chi connectivity index (χ0) is 12.7. The molecule has 0 fully saturated rings. The summed E-state index contributed by atoms with van der Waals surface area (Å²) in [6.07, 6.45) is 3.43. The molecule has 0 saturated carbocycles. The van der Waals surface area contributed by atoms with E-state index in [4.69, 9.17) is 0 Å². The molecule has 17 heavy (non-hydrogen) atoms. The van der Waals surface area contributed by atoms with Crippen LogP contribution >= 0.6 is 0 Å². The minimum absolute atomic E-state index is 0.0367. The van der Waals surface area contributed by atoms with Gasteiger partial charge < -0.3 is 5.11 Å². The summed E-state index contributed by atoms with van der Waals surface area (Å²) in [7, 11) is 0. The molecule has 2 nitrogen and oxygen atoms in total. The number of unbranched alkanes of at least 4 members (excludes halogenated alkanes) is 2. The Labute approximate surface area is 104 Å². The quantitative estimate of drug-likeness (QED) is 0.579. The first-order chi connectivity index (χ1) is 8.16. The molecule has 94 valence electrons. The van der Waals surface area contributed by atoms with Crippen molar-refractivity contribution in [1.82, 2.24) is 0 Å². The van der Waals surface area contributed by atoms with E-state index in [1.54, 1.807) is 12.1 Å². The summed E-state index contributed by atoms with van der Waals surface area (Å²) in [5.74, 6) is -0.274. The van der Waals surface area contributed by atoms with Crippen molar-refractivity contribution >= 4 is 5.78 Å². The largest absolute Gasteiger partial charge is 0.392 e. The van der Waals surface area contributed by atoms with E-state index in [2.05, 4.69) is 6.92 Å². The van der Waals surface area contributed by atoms with Crippen LogP contribution in [0, 0.1) is 5.92 Å². The van der Waals surface area contributed by atoms with Crippen molar-refractivity contribution in [1.29, 1.82) is 0 Å².